The van der Waals surface area contributed by atoms with Gasteiger partial charge in [0.25, 0.3) is 5.91 Å². The van der Waals surface area contributed by atoms with Crippen LogP contribution < -0.4 is 5.73 Å². The lowest BCUT2D eigenvalue weighted by Crippen LogP contribution is -2.43. The Kier molecular flexibility index (Phi) is 7.25. The fraction of sp³-hybridized carbons (Fsp3) is 0.500. The number of ether oxygens (including phenoxy) is 2. The number of hydrogen-bond acceptors (Lipinski definition) is 4. The van der Waals surface area contributed by atoms with Crippen LogP contribution in [0.5, 0.6) is 0 Å². The van der Waals surface area contributed by atoms with Crippen LogP contribution in [0.25, 0.3) is 0 Å². The molecular weight excluding hydrogens is 315 g/mol. The summed E-state index contributed by atoms with van der Waals surface area (Å²) < 4.78 is 10.2. The minimum atomic E-state index is -0.254. The Labute approximate surface area is 134 Å². The summed E-state index contributed by atoms with van der Waals surface area (Å²) >= 11 is 12.1. The lowest BCUT2D eigenvalue weighted by molar-refractivity contribution is 0.0479. The zero-order chi connectivity index (χ0) is 16.0. The predicted octanol–water partition coefficient (Wildman–Crippen LogP) is 2.70. The summed E-state index contributed by atoms with van der Waals surface area (Å²) in [6.45, 7) is 3.12. The van der Waals surface area contributed by atoms with Gasteiger partial charge < -0.3 is 20.1 Å². The first-order valence-electron chi connectivity index (χ1n) is 6.45. The van der Waals surface area contributed by atoms with Crippen molar-refractivity contribution in [3.8, 4) is 0 Å². The van der Waals surface area contributed by atoms with Gasteiger partial charge in [-0.1, -0.05) is 23.2 Å². The Hall–Kier alpha value is -1.01. The van der Waals surface area contributed by atoms with E-state index in [1.165, 1.54) is 12.1 Å². The van der Waals surface area contributed by atoms with Gasteiger partial charge in [-0.2, -0.15) is 0 Å². The fourth-order valence-electron chi connectivity index (χ4n) is 1.96. The van der Waals surface area contributed by atoms with E-state index in [4.69, 9.17) is 38.4 Å². The molecule has 21 heavy (non-hydrogen) atoms. The molecule has 0 spiro atoms. The second kappa shape index (κ2) is 8.44. The maximum atomic E-state index is 12.7. The molecule has 1 aromatic carbocycles. The van der Waals surface area contributed by atoms with Crippen molar-refractivity contribution in [1.82, 2.24) is 4.90 Å². The van der Waals surface area contributed by atoms with Crippen LogP contribution >= 0.6 is 23.2 Å². The van der Waals surface area contributed by atoms with Gasteiger partial charge in [0.15, 0.2) is 0 Å². The fourth-order valence-corrected chi connectivity index (χ4v) is 2.38. The van der Waals surface area contributed by atoms with Gasteiger partial charge in [-0.15, -0.1) is 0 Å². The van der Waals surface area contributed by atoms with E-state index in [1.54, 1.807) is 19.1 Å². The van der Waals surface area contributed by atoms with Crippen molar-refractivity contribution >= 4 is 34.8 Å². The summed E-state index contributed by atoms with van der Waals surface area (Å²) in [4.78, 5) is 14.3. The SMILES string of the molecule is COCCN(C(=O)c1cc(N)cc(Cl)c1Cl)C(C)COC. The molecule has 5 nitrogen and oxygen atoms in total. The lowest BCUT2D eigenvalue weighted by Gasteiger charge is -2.29. The summed E-state index contributed by atoms with van der Waals surface area (Å²) in [6, 6.07) is 2.91. The number of nitrogens with zero attached hydrogens (tertiary/aromatic N) is 1. The van der Waals surface area contributed by atoms with Gasteiger partial charge in [-0.25, -0.2) is 0 Å². The monoisotopic (exact) mass is 334 g/mol. The molecule has 0 fully saturated rings. The third-order valence-electron chi connectivity index (χ3n) is 3.02. The van der Waals surface area contributed by atoms with E-state index in [9.17, 15) is 4.79 Å². The molecule has 1 atom stereocenters. The summed E-state index contributed by atoms with van der Waals surface area (Å²) in [6.07, 6.45) is 0. The number of halogens is 2. The van der Waals surface area contributed by atoms with Crippen LogP contribution in [0.3, 0.4) is 0 Å². The number of methoxy groups -OCH3 is 2. The van der Waals surface area contributed by atoms with E-state index < -0.39 is 0 Å². The maximum absolute atomic E-state index is 12.7. The summed E-state index contributed by atoms with van der Waals surface area (Å²) in [7, 11) is 3.16. The zero-order valence-corrected chi connectivity index (χ0v) is 13.9. The molecule has 118 valence electrons. The number of hydrogen-bond donors (Lipinski definition) is 1. The van der Waals surface area contributed by atoms with E-state index in [2.05, 4.69) is 0 Å². The molecule has 0 saturated heterocycles. The van der Waals surface area contributed by atoms with Crippen LogP contribution in [0.4, 0.5) is 5.69 Å². The van der Waals surface area contributed by atoms with Crippen LogP contribution in [0, 0.1) is 0 Å². The zero-order valence-electron chi connectivity index (χ0n) is 12.4. The highest BCUT2D eigenvalue weighted by Crippen LogP contribution is 2.30. The van der Waals surface area contributed by atoms with Crippen molar-refractivity contribution < 1.29 is 14.3 Å². The quantitative estimate of drug-likeness (QED) is 0.778. The number of carbonyl (C=O) groups is 1. The standard InChI is InChI=1S/C14H20Cl2N2O3/c1-9(8-21-3)18(4-5-20-2)14(19)11-6-10(17)7-12(15)13(11)16/h6-7,9H,4-5,8,17H2,1-3H3. The molecular formula is C14H20Cl2N2O3. The first-order valence-corrected chi connectivity index (χ1v) is 7.21. The third-order valence-corrected chi connectivity index (χ3v) is 3.82. The number of nitrogen functional groups attached to an aromatic ring is 1. The molecule has 2 N–H and O–H groups in total. The van der Waals surface area contributed by atoms with Crippen molar-refractivity contribution in [2.75, 3.05) is 39.7 Å². The number of rotatable bonds is 7. The minimum Gasteiger partial charge on any atom is -0.399 e. The van der Waals surface area contributed by atoms with E-state index in [-0.39, 0.29) is 27.6 Å². The van der Waals surface area contributed by atoms with Crippen molar-refractivity contribution in [1.29, 1.82) is 0 Å². The lowest BCUT2D eigenvalue weighted by atomic mass is 10.1. The number of benzene rings is 1. The second-order valence-electron chi connectivity index (χ2n) is 4.66. The van der Waals surface area contributed by atoms with E-state index in [0.717, 1.165) is 0 Å². The third kappa shape index (κ3) is 4.74. The second-order valence-corrected chi connectivity index (χ2v) is 5.45. The van der Waals surface area contributed by atoms with Crippen molar-refractivity contribution in [2.45, 2.75) is 13.0 Å². The first kappa shape index (κ1) is 18.0. The molecule has 0 aliphatic carbocycles. The molecule has 0 aliphatic heterocycles. The van der Waals surface area contributed by atoms with Crippen LogP contribution in [-0.2, 0) is 9.47 Å². The number of anilines is 1. The van der Waals surface area contributed by atoms with Crippen LogP contribution in [0.15, 0.2) is 12.1 Å². The molecule has 0 heterocycles. The van der Waals surface area contributed by atoms with E-state index in [0.29, 0.717) is 25.4 Å². The number of amides is 1. The van der Waals surface area contributed by atoms with Gasteiger partial charge in [0.1, 0.15) is 0 Å². The Morgan fingerprint density at radius 2 is 2.00 bits per heavy atom. The maximum Gasteiger partial charge on any atom is 0.255 e. The Balaban J connectivity index is 3.09. The smallest absolute Gasteiger partial charge is 0.255 e. The van der Waals surface area contributed by atoms with Gasteiger partial charge in [-0.3, -0.25) is 4.79 Å². The van der Waals surface area contributed by atoms with Crippen LogP contribution in [-0.4, -0.2) is 50.8 Å². The van der Waals surface area contributed by atoms with E-state index in [1.807, 2.05) is 6.92 Å². The van der Waals surface area contributed by atoms with Crippen molar-refractivity contribution in [2.24, 2.45) is 0 Å². The minimum absolute atomic E-state index is 0.131. The topological polar surface area (TPSA) is 64.8 Å². The largest absolute Gasteiger partial charge is 0.399 e. The van der Waals surface area contributed by atoms with Gasteiger partial charge in [0.05, 0.1) is 34.9 Å². The molecule has 1 rings (SSSR count). The summed E-state index contributed by atoms with van der Waals surface area (Å²) in [5, 5.41) is 0.453. The predicted molar refractivity (Wildman–Crippen MR) is 85.1 cm³/mol. The number of nitrogens with two attached hydrogens (primary N) is 1. The molecule has 0 aromatic heterocycles. The Morgan fingerprint density at radius 3 is 2.57 bits per heavy atom. The molecule has 0 radical (unpaired) electrons. The van der Waals surface area contributed by atoms with Gasteiger partial charge in [-0.05, 0) is 19.1 Å². The van der Waals surface area contributed by atoms with Crippen LogP contribution in [0.1, 0.15) is 17.3 Å². The van der Waals surface area contributed by atoms with Gasteiger partial charge in [0.2, 0.25) is 0 Å². The Bertz CT molecular complexity index is 497. The Morgan fingerprint density at radius 1 is 1.33 bits per heavy atom. The average molecular weight is 335 g/mol. The molecule has 1 amide bonds. The molecule has 7 heteroatoms. The molecule has 0 aliphatic rings. The molecule has 1 unspecified atom stereocenters. The highest BCUT2D eigenvalue weighted by Gasteiger charge is 2.24. The van der Waals surface area contributed by atoms with Gasteiger partial charge >= 0.3 is 0 Å². The van der Waals surface area contributed by atoms with E-state index >= 15 is 0 Å². The number of carbonyl (C=O) groups excluding carboxylic acids is 1. The van der Waals surface area contributed by atoms with Gasteiger partial charge in [0, 0.05) is 26.5 Å². The molecule has 1 aromatic rings. The highest BCUT2D eigenvalue weighted by atomic mass is 35.5. The van der Waals surface area contributed by atoms with Crippen molar-refractivity contribution in [3.63, 3.8) is 0 Å². The van der Waals surface area contributed by atoms with Crippen molar-refractivity contribution in [3.05, 3.63) is 27.7 Å². The normalized spacial score (nSPS) is 12.2. The molecule has 0 saturated carbocycles. The summed E-state index contributed by atoms with van der Waals surface area (Å²) in [5.74, 6) is -0.254. The first-order chi connectivity index (χ1) is 9.92. The molecule has 0 bridgehead atoms. The highest BCUT2D eigenvalue weighted by molar-refractivity contribution is 6.44. The summed E-state index contributed by atoms with van der Waals surface area (Å²) in [5.41, 5.74) is 6.40. The van der Waals surface area contributed by atoms with Crippen LogP contribution in [0.2, 0.25) is 10.0 Å². The average Bonchev–Trinajstić information content (AvgIpc) is 2.43.